The van der Waals surface area contributed by atoms with Gasteiger partial charge in [0.15, 0.2) is 5.82 Å². The second-order valence-electron chi connectivity index (χ2n) is 4.35. The normalized spacial score (nSPS) is 10.3. The number of phenolic OH excluding ortho intramolecular Hbond substituents is 1. The van der Waals surface area contributed by atoms with Crippen LogP contribution in [0.3, 0.4) is 0 Å². The van der Waals surface area contributed by atoms with Crippen LogP contribution in [0.4, 0.5) is 5.82 Å². The number of carbonyl (C=O) groups is 1. The molecule has 2 aromatic rings. The van der Waals surface area contributed by atoms with Crippen molar-refractivity contribution in [2.45, 2.75) is 19.8 Å². The second-order valence-corrected chi connectivity index (χ2v) is 4.35. The number of phenols is 1. The monoisotopic (exact) mass is 275 g/mol. The first-order valence-electron chi connectivity index (χ1n) is 6.32. The highest BCUT2D eigenvalue weighted by Gasteiger charge is 2.11. The van der Waals surface area contributed by atoms with Crippen molar-refractivity contribution in [2.24, 2.45) is 0 Å². The van der Waals surface area contributed by atoms with Crippen LogP contribution >= 0.6 is 0 Å². The van der Waals surface area contributed by atoms with E-state index >= 15 is 0 Å². The molecule has 0 unspecified atom stereocenters. The third kappa shape index (κ3) is 3.28. The molecule has 0 saturated heterocycles. The summed E-state index contributed by atoms with van der Waals surface area (Å²) in [6, 6.07) is 6.46. The molecular weight excluding hydrogens is 258 g/mol. The van der Waals surface area contributed by atoms with Gasteiger partial charge in [0.1, 0.15) is 11.5 Å². The minimum atomic E-state index is -0.192. The molecule has 1 aromatic heterocycles. The highest BCUT2D eigenvalue weighted by molar-refractivity contribution is 5.91. The number of hydrogen-bond donors (Lipinski definition) is 3. The predicted molar refractivity (Wildman–Crippen MR) is 75.0 cm³/mol. The Morgan fingerprint density at radius 2 is 2.25 bits per heavy atom. The summed E-state index contributed by atoms with van der Waals surface area (Å²) in [7, 11) is 1.50. The molecule has 6 heteroatoms. The zero-order valence-corrected chi connectivity index (χ0v) is 11.4. The molecule has 106 valence electrons. The van der Waals surface area contributed by atoms with Gasteiger partial charge < -0.3 is 15.2 Å². The van der Waals surface area contributed by atoms with Crippen LogP contribution in [0.1, 0.15) is 18.2 Å². The fourth-order valence-electron chi connectivity index (χ4n) is 1.85. The van der Waals surface area contributed by atoms with Crippen LogP contribution in [-0.4, -0.2) is 28.3 Å². The quantitative estimate of drug-likeness (QED) is 0.777. The number of H-pyrrole nitrogens is 1. The SMILES string of the molecule is CCc1cc(NC(=O)Cc2ccc(O)cc2OC)n[nH]1. The zero-order valence-electron chi connectivity index (χ0n) is 11.4. The Morgan fingerprint density at radius 1 is 1.45 bits per heavy atom. The van der Waals surface area contributed by atoms with Gasteiger partial charge in [-0.2, -0.15) is 5.10 Å². The van der Waals surface area contributed by atoms with Gasteiger partial charge in [-0.15, -0.1) is 0 Å². The highest BCUT2D eigenvalue weighted by atomic mass is 16.5. The molecule has 1 amide bonds. The fraction of sp³-hybridized carbons (Fsp3) is 0.286. The van der Waals surface area contributed by atoms with Gasteiger partial charge in [-0.3, -0.25) is 9.89 Å². The molecule has 20 heavy (non-hydrogen) atoms. The maximum absolute atomic E-state index is 11.9. The van der Waals surface area contributed by atoms with Crippen LogP contribution in [0, 0.1) is 0 Å². The topological polar surface area (TPSA) is 87.2 Å². The van der Waals surface area contributed by atoms with E-state index in [9.17, 15) is 9.90 Å². The van der Waals surface area contributed by atoms with Crippen LogP contribution in [0.2, 0.25) is 0 Å². The number of methoxy groups -OCH3 is 1. The highest BCUT2D eigenvalue weighted by Crippen LogP contribution is 2.24. The maximum atomic E-state index is 11.9. The van der Waals surface area contributed by atoms with E-state index in [0.29, 0.717) is 17.1 Å². The molecule has 0 aliphatic heterocycles. The Kier molecular flexibility index (Phi) is 4.24. The molecule has 0 spiro atoms. The molecule has 1 aromatic carbocycles. The average Bonchev–Trinajstić information content (AvgIpc) is 2.88. The van der Waals surface area contributed by atoms with Crippen molar-refractivity contribution in [2.75, 3.05) is 12.4 Å². The molecule has 0 aliphatic carbocycles. The molecule has 6 nitrogen and oxygen atoms in total. The largest absolute Gasteiger partial charge is 0.508 e. The van der Waals surface area contributed by atoms with Gasteiger partial charge in [0.05, 0.1) is 13.5 Å². The van der Waals surface area contributed by atoms with Crippen LogP contribution in [-0.2, 0) is 17.6 Å². The number of aromatic amines is 1. The Labute approximate surface area is 116 Å². The van der Waals surface area contributed by atoms with E-state index in [0.717, 1.165) is 12.1 Å². The fourth-order valence-corrected chi connectivity index (χ4v) is 1.85. The van der Waals surface area contributed by atoms with Gasteiger partial charge in [-0.05, 0) is 12.5 Å². The van der Waals surface area contributed by atoms with Crippen LogP contribution in [0.25, 0.3) is 0 Å². The van der Waals surface area contributed by atoms with Crippen molar-refractivity contribution >= 4 is 11.7 Å². The zero-order chi connectivity index (χ0) is 14.5. The minimum absolute atomic E-state index is 0.103. The Balaban J connectivity index is 2.04. The van der Waals surface area contributed by atoms with Crippen molar-refractivity contribution in [3.63, 3.8) is 0 Å². The summed E-state index contributed by atoms with van der Waals surface area (Å²) in [5.74, 6) is 0.898. The summed E-state index contributed by atoms with van der Waals surface area (Å²) in [6.07, 6.45) is 0.979. The summed E-state index contributed by atoms with van der Waals surface area (Å²) >= 11 is 0. The molecule has 0 atom stereocenters. The third-order valence-corrected chi connectivity index (χ3v) is 2.90. The third-order valence-electron chi connectivity index (χ3n) is 2.90. The molecule has 0 fully saturated rings. The van der Waals surface area contributed by atoms with Crippen molar-refractivity contribution in [1.29, 1.82) is 0 Å². The number of benzene rings is 1. The number of hydrogen-bond acceptors (Lipinski definition) is 4. The van der Waals surface area contributed by atoms with Crippen molar-refractivity contribution in [3.8, 4) is 11.5 Å². The molecule has 0 aliphatic rings. The Morgan fingerprint density at radius 3 is 2.90 bits per heavy atom. The number of amides is 1. The van der Waals surface area contributed by atoms with E-state index in [4.69, 9.17) is 4.74 Å². The molecule has 3 N–H and O–H groups in total. The first kappa shape index (κ1) is 13.9. The number of aromatic nitrogens is 2. The Bertz CT molecular complexity index is 607. The number of nitrogens with zero attached hydrogens (tertiary/aromatic N) is 1. The van der Waals surface area contributed by atoms with Gasteiger partial charge >= 0.3 is 0 Å². The number of anilines is 1. The van der Waals surface area contributed by atoms with Gasteiger partial charge in [0.2, 0.25) is 5.91 Å². The number of aromatic hydroxyl groups is 1. The second kappa shape index (κ2) is 6.10. The molecule has 2 rings (SSSR count). The maximum Gasteiger partial charge on any atom is 0.230 e. The summed E-state index contributed by atoms with van der Waals surface area (Å²) in [4.78, 5) is 11.9. The van der Waals surface area contributed by atoms with Crippen molar-refractivity contribution in [1.82, 2.24) is 10.2 Å². The molecular formula is C14H17N3O3. The number of rotatable bonds is 5. The van der Waals surface area contributed by atoms with E-state index in [1.807, 2.05) is 6.92 Å². The lowest BCUT2D eigenvalue weighted by Gasteiger charge is -2.08. The molecule has 0 saturated carbocycles. The number of ether oxygens (including phenoxy) is 1. The minimum Gasteiger partial charge on any atom is -0.508 e. The van der Waals surface area contributed by atoms with Crippen molar-refractivity contribution < 1.29 is 14.6 Å². The number of aryl methyl sites for hydroxylation is 1. The predicted octanol–water partition coefficient (Wildman–Crippen LogP) is 1.87. The van der Waals surface area contributed by atoms with Gasteiger partial charge in [0, 0.05) is 23.4 Å². The number of carbonyl (C=O) groups excluding carboxylic acids is 1. The molecule has 0 bridgehead atoms. The van der Waals surface area contributed by atoms with E-state index < -0.39 is 0 Å². The smallest absolute Gasteiger partial charge is 0.230 e. The van der Waals surface area contributed by atoms with E-state index in [-0.39, 0.29) is 18.1 Å². The van der Waals surface area contributed by atoms with Crippen molar-refractivity contribution in [3.05, 3.63) is 35.5 Å². The molecule has 0 radical (unpaired) electrons. The van der Waals surface area contributed by atoms with E-state index in [1.165, 1.54) is 19.2 Å². The van der Waals surface area contributed by atoms with E-state index in [1.54, 1.807) is 12.1 Å². The van der Waals surface area contributed by atoms with Crippen LogP contribution < -0.4 is 10.1 Å². The lowest BCUT2D eigenvalue weighted by Crippen LogP contribution is -2.15. The Hall–Kier alpha value is -2.50. The van der Waals surface area contributed by atoms with E-state index in [2.05, 4.69) is 15.5 Å². The summed E-state index contributed by atoms with van der Waals surface area (Å²) < 4.78 is 5.14. The molecule has 1 heterocycles. The van der Waals surface area contributed by atoms with Crippen LogP contribution in [0.5, 0.6) is 11.5 Å². The van der Waals surface area contributed by atoms with Crippen LogP contribution in [0.15, 0.2) is 24.3 Å². The summed E-state index contributed by atoms with van der Waals surface area (Å²) in [5.41, 5.74) is 1.66. The van der Waals surface area contributed by atoms with Gasteiger partial charge in [0.25, 0.3) is 0 Å². The lowest BCUT2D eigenvalue weighted by molar-refractivity contribution is -0.115. The summed E-state index contributed by atoms with van der Waals surface area (Å²) in [6.45, 7) is 2.00. The average molecular weight is 275 g/mol. The lowest BCUT2D eigenvalue weighted by atomic mass is 10.1. The first-order chi connectivity index (χ1) is 9.62. The standard InChI is InChI=1S/C14H17N3O3/c1-3-10-7-13(17-16-10)15-14(19)6-9-4-5-11(18)8-12(9)20-2/h4-5,7-8,18H,3,6H2,1-2H3,(H2,15,16,17,19). The number of nitrogens with one attached hydrogen (secondary N) is 2. The van der Waals surface area contributed by atoms with Gasteiger partial charge in [-0.1, -0.05) is 13.0 Å². The summed E-state index contributed by atoms with van der Waals surface area (Å²) in [5, 5.41) is 18.9. The van der Waals surface area contributed by atoms with Gasteiger partial charge in [-0.25, -0.2) is 0 Å². The first-order valence-corrected chi connectivity index (χ1v) is 6.32.